The maximum absolute atomic E-state index is 8.71. The lowest BCUT2D eigenvalue weighted by Crippen LogP contribution is -2.27. The lowest BCUT2D eigenvalue weighted by molar-refractivity contribution is 0.709. The minimum atomic E-state index is 0.217. The van der Waals surface area contributed by atoms with E-state index in [-0.39, 0.29) is 6.04 Å². The number of rotatable bonds is 3. The van der Waals surface area contributed by atoms with E-state index in [2.05, 4.69) is 28.3 Å². The maximum atomic E-state index is 8.71. The largest absolute Gasteiger partial charge is 0.361 e. The molecule has 0 fully saturated rings. The van der Waals surface area contributed by atoms with Gasteiger partial charge < -0.3 is 4.90 Å². The van der Waals surface area contributed by atoms with Crippen LogP contribution in [0.15, 0.2) is 24.3 Å². The van der Waals surface area contributed by atoms with Crippen molar-refractivity contribution in [1.29, 1.82) is 5.26 Å². The van der Waals surface area contributed by atoms with Crippen LogP contribution in [-0.2, 0) is 0 Å². The van der Waals surface area contributed by atoms with Crippen LogP contribution < -0.4 is 4.90 Å². The molecule has 0 saturated heterocycles. The monoisotopic (exact) mass is 231 g/mol. The molecule has 0 amide bonds. The summed E-state index contributed by atoms with van der Waals surface area (Å²) in [5, 5.41) is 11.0. The lowest BCUT2D eigenvalue weighted by atomic mass is 10.2. The summed E-state index contributed by atoms with van der Waals surface area (Å²) in [6.07, 6.45) is 0.530. The molecule has 0 N–H and O–H groups in total. The molecule has 16 heavy (non-hydrogen) atoms. The summed E-state index contributed by atoms with van der Waals surface area (Å²) in [5.74, 6) is 0. The Hall–Kier alpha value is -1.60. The molecule has 0 aliphatic carbocycles. The van der Waals surface area contributed by atoms with Crippen molar-refractivity contribution in [2.24, 2.45) is 0 Å². The van der Waals surface area contributed by atoms with Gasteiger partial charge >= 0.3 is 0 Å². The third-order valence-electron chi connectivity index (χ3n) is 2.73. The van der Waals surface area contributed by atoms with Crippen molar-refractivity contribution in [3.8, 4) is 6.07 Å². The van der Waals surface area contributed by atoms with Crippen LogP contribution in [0.4, 0.5) is 5.00 Å². The first-order chi connectivity index (χ1) is 7.74. The van der Waals surface area contributed by atoms with E-state index < -0.39 is 0 Å². The summed E-state index contributed by atoms with van der Waals surface area (Å²) in [6.45, 7) is 2.05. The van der Waals surface area contributed by atoms with Gasteiger partial charge in [0.2, 0.25) is 0 Å². The molecule has 3 nitrogen and oxygen atoms in total. The van der Waals surface area contributed by atoms with Crippen LogP contribution in [0.5, 0.6) is 0 Å². The summed E-state index contributed by atoms with van der Waals surface area (Å²) in [6, 6.07) is 10.5. The summed E-state index contributed by atoms with van der Waals surface area (Å²) in [5.41, 5.74) is 1.03. The van der Waals surface area contributed by atoms with Crippen molar-refractivity contribution in [2.45, 2.75) is 19.4 Å². The van der Waals surface area contributed by atoms with Gasteiger partial charge in [-0.25, -0.2) is 0 Å². The van der Waals surface area contributed by atoms with Crippen LogP contribution in [0, 0.1) is 11.3 Å². The molecule has 1 aromatic heterocycles. The maximum Gasteiger partial charge on any atom is 0.119 e. The fourth-order valence-corrected chi connectivity index (χ4v) is 2.52. The van der Waals surface area contributed by atoms with Gasteiger partial charge in [0.05, 0.1) is 18.0 Å². The highest BCUT2D eigenvalue weighted by Gasteiger charge is 2.14. The molecule has 2 aromatic rings. The quantitative estimate of drug-likeness (QED) is 0.815. The topological polar surface area (TPSA) is 39.9 Å². The molecule has 1 heterocycles. The van der Waals surface area contributed by atoms with Crippen LogP contribution in [0.2, 0.25) is 0 Å². The van der Waals surface area contributed by atoms with Gasteiger partial charge in [0.1, 0.15) is 5.00 Å². The Kier molecular flexibility index (Phi) is 3.07. The number of nitrogens with zero attached hydrogens (tertiary/aromatic N) is 3. The first kappa shape index (κ1) is 10.9. The highest BCUT2D eigenvalue weighted by atomic mass is 32.1. The molecule has 82 valence electrons. The molecule has 1 atom stereocenters. The van der Waals surface area contributed by atoms with Crippen LogP contribution in [-0.4, -0.2) is 17.5 Å². The Balaban J connectivity index is 2.37. The second-order valence-corrected chi connectivity index (χ2v) is 4.58. The number of hydrogen-bond acceptors (Lipinski definition) is 4. The van der Waals surface area contributed by atoms with Crippen LogP contribution in [0.1, 0.15) is 13.3 Å². The summed E-state index contributed by atoms with van der Waals surface area (Å²) in [7, 11) is 2.02. The Morgan fingerprint density at radius 3 is 3.00 bits per heavy atom. The van der Waals surface area contributed by atoms with E-state index >= 15 is 0 Å². The third-order valence-corrected chi connectivity index (χ3v) is 3.70. The second kappa shape index (κ2) is 4.50. The highest BCUT2D eigenvalue weighted by Crippen LogP contribution is 2.31. The zero-order chi connectivity index (χ0) is 11.5. The number of benzene rings is 1. The predicted molar refractivity (Wildman–Crippen MR) is 67.7 cm³/mol. The number of fused-ring (bicyclic) bond motifs is 1. The third kappa shape index (κ3) is 1.86. The molecule has 1 aromatic carbocycles. The molecular formula is C12H13N3S. The Morgan fingerprint density at radius 1 is 1.50 bits per heavy atom. The van der Waals surface area contributed by atoms with Crippen LogP contribution in [0.25, 0.3) is 10.9 Å². The molecule has 2 rings (SSSR count). The SMILES string of the molecule is CC(CC#N)N(C)c1snc2ccccc12. The number of hydrogen-bond donors (Lipinski definition) is 0. The molecule has 0 bridgehead atoms. The molecule has 0 aliphatic heterocycles. The Labute approximate surface area is 99.1 Å². The molecular weight excluding hydrogens is 218 g/mol. The van der Waals surface area contributed by atoms with Gasteiger partial charge in [-0.15, -0.1) is 0 Å². The van der Waals surface area contributed by atoms with E-state index in [1.54, 1.807) is 0 Å². The number of aromatic nitrogens is 1. The Bertz CT molecular complexity index is 526. The smallest absolute Gasteiger partial charge is 0.119 e. The van der Waals surface area contributed by atoms with Crippen molar-refractivity contribution in [3.05, 3.63) is 24.3 Å². The Morgan fingerprint density at radius 2 is 2.25 bits per heavy atom. The summed E-state index contributed by atoms with van der Waals surface area (Å²) in [4.78, 5) is 2.13. The minimum absolute atomic E-state index is 0.217. The van der Waals surface area contributed by atoms with E-state index in [0.717, 1.165) is 10.5 Å². The van der Waals surface area contributed by atoms with E-state index in [1.165, 1.54) is 16.9 Å². The predicted octanol–water partition coefficient (Wildman–Crippen LogP) is 3.03. The average Bonchev–Trinajstić information content (AvgIpc) is 2.72. The van der Waals surface area contributed by atoms with Gasteiger partial charge in [0, 0.05) is 18.5 Å². The zero-order valence-corrected chi connectivity index (χ0v) is 10.2. The van der Waals surface area contributed by atoms with Gasteiger partial charge in [-0.2, -0.15) is 9.64 Å². The first-order valence-electron chi connectivity index (χ1n) is 5.18. The first-order valence-corrected chi connectivity index (χ1v) is 5.95. The van der Waals surface area contributed by atoms with Crippen molar-refractivity contribution in [1.82, 2.24) is 4.37 Å². The minimum Gasteiger partial charge on any atom is -0.361 e. The van der Waals surface area contributed by atoms with Gasteiger partial charge in [-0.05, 0) is 30.6 Å². The molecule has 0 saturated carbocycles. The van der Waals surface area contributed by atoms with Crippen molar-refractivity contribution in [3.63, 3.8) is 0 Å². The van der Waals surface area contributed by atoms with Crippen molar-refractivity contribution < 1.29 is 0 Å². The van der Waals surface area contributed by atoms with Gasteiger partial charge in [0.15, 0.2) is 0 Å². The molecule has 4 heteroatoms. The van der Waals surface area contributed by atoms with Gasteiger partial charge in [0.25, 0.3) is 0 Å². The van der Waals surface area contributed by atoms with Crippen LogP contribution >= 0.6 is 11.5 Å². The molecule has 0 aliphatic rings. The van der Waals surface area contributed by atoms with E-state index in [0.29, 0.717) is 6.42 Å². The van der Waals surface area contributed by atoms with Crippen molar-refractivity contribution >= 4 is 27.4 Å². The normalized spacial score (nSPS) is 12.3. The van der Waals surface area contributed by atoms with E-state index in [1.807, 2.05) is 25.2 Å². The second-order valence-electron chi connectivity index (χ2n) is 3.83. The van der Waals surface area contributed by atoms with Gasteiger partial charge in [-0.1, -0.05) is 12.1 Å². The summed E-state index contributed by atoms with van der Waals surface area (Å²) < 4.78 is 4.40. The zero-order valence-electron chi connectivity index (χ0n) is 9.34. The molecule has 0 spiro atoms. The number of nitriles is 1. The van der Waals surface area contributed by atoms with Crippen LogP contribution in [0.3, 0.4) is 0 Å². The standard InChI is InChI=1S/C12H13N3S/c1-9(7-8-13)15(2)12-10-5-3-4-6-11(10)14-16-12/h3-6,9H,7H2,1-2H3. The highest BCUT2D eigenvalue weighted by molar-refractivity contribution is 7.11. The fraction of sp³-hybridized carbons (Fsp3) is 0.333. The van der Waals surface area contributed by atoms with Gasteiger partial charge in [-0.3, -0.25) is 0 Å². The molecule has 0 radical (unpaired) electrons. The van der Waals surface area contributed by atoms with E-state index in [4.69, 9.17) is 5.26 Å². The van der Waals surface area contributed by atoms with Crippen molar-refractivity contribution in [2.75, 3.05) is 11.9 Å². The lowest BCUT2D eigenvalue weighted by Gasteiger charge is -2.23. The summed E-state index contributed by atoms with van der Waals surface area (Å²) >= 11 is 1.49. The average molecular weight is 231 g/mol. The molecule has 1 unspecified atom stereocenters. The fourth-order valence-electron chi connectivity index (χ4n) is 1.60. The number of anilines is 1. The van der Waals surface area contributed by atoms with E-state index in [9.17, 15) is 0 Å².